The number of carbonyl (C=O) groups excluding carboxylic acids is 2. The van der Waals surface area contributed by atoms with Crippen molar-refractivity contribution in [3.8, 4) is 17.2 Å². The minimum Gasteiger partial charge on any atom is -0.507 e. The quantitative estimate of drug-likeness (QED) is 0.117. The molecule has 7 nitrogen and oxygen atoms in total. The summed E-state index contributed by atoms with van der Waals surface area (Å²) in [6.07, 6.45) is 3.65. The van der Waals surface area contributed by atoms with Gasteiger partial charge in [-0.1, -0.05) is 68.3 Å². The molecule has 0 spiro atoms. The molecule has 1 unspecified atom stereocenters. The standard InChI is InChI=1S/C33H37NO6/c1-4-6-10-20-40-27-17-16-24(22-28(27)38-3)30-29(31(35)25-14-11-15-26(21-25)39-5-2)32(36)33(37)34(30)19-18-23-12-8-7-9-13-23/h7-9,11-17,21-22,30,35H,4-6,10,18-20H2,1-3H3. The van der Waals surface area contributed by atoms with Crippen LogP contribution >= 0.6 is 0 Å². The van der Waals surface area contributed by atoms with Crippen molar-refractivity contribution in [3.05, 3.63) is 95.1 Å². The molecule has 4 rings (SSSR count). The average Bonchev–Trinajstić information content (AvgIpc) is 3.23. The molecule has 0 aliphatic carbocycles. The summed E-state index contributed by atoms with van der Waals surface area (Å²) in [5.41, 5.74) is 2.12. The van der Waals surface area contributed by atoms with E-state index in [1.54, 1.807) is 43.5 Å². The molecule has 1 atom stereocenters. The van der Waals surface area contributed by atoms with Gasteiger partial charge in [-0.2, -0.15) is 0 Å². The molecule has 210 valence electrons. The second-order valence-electron chi connectivity index (χ2n) is 9.65. The van der Waals surface area contributed by atoms with Crippen molar-refractivity contribution in [3.63, 3.8) is 0 Å². The van der Waals surface area contributed by atoms with Gasteiger partial charge in [0.15, 0.2) is 11.5 Å². The van der Waals surface area contributed by atoms with E-state index < -0.39 is 17.7 Å². The summed E-state index contributed by atoms with van der Waals surface area (Å²) < 4.78 is 17.2. The Morgan fingerprint density at radius 2 is 1.70 bits per heavy atom. The van der Waals surface area contributed by atoms with Gasteiger partial charge in [0.25, 0.3) is 11.7 Å². The molecule has 1 saturated heterocycles. The van der Waals surface area contributed by atoms with Crippen molar-refractivity contribution in [2.24, 2.45) is 0 Å². The number of carbonyl (C=O) groups is 2. The molecule has 1 aliphatic heterocycles. The Kier molecular flexibility index (Phi) is 9.84. The Morgan fingerprint density at radius 1 is 0.900 bits per heavy atom. The number of aliphatic hydroxyl groups excluding tert-OH is 1. The van der Waals surface area contributed by atoms with E-state index in [-0.39, 0.29) is 11.3 Å². The number of ether oxygens (including phenoxy) is 3. The fourth-order valence-electron chi connectivity index (χ4n) is 4.91. The second-order valence-corrected chi connectivity index (χ2v) is 9.65. The van der Waals surface area contributed by atoms with Gasteiger partial charge in [0, 0.05) is 12.1 Å². The molecular weight excluding hydrogens is 506 g/mol. The molecule has 0 aromatic heterocycles. The monoisotopic (exact) mass is 543 g/mol. The molecule has 1 fully saturated rings. The summed E-state index contributed by atoms with van der Waals surface area (Å²) >= 11 is 0. The van der Waals surface area contributed by atoms with Gasteiger partial charge in [0.05, 0.1) is 31.9 Å². The Morgan fingerprint density at radius 3 is 2.42 bits per heavy atom. The van der Waals surface area contributed by atoms with Gasteiger partial charge in [0.2, 0.25) is 0 Å². The highest BCUT2D eigenvalue weighted by atomic mass is 16.5. The number of Topliss-reactive ketones (excluding diaryl/α,β-unsaturated/α-hetero) is 1. The maximum Gasteiger partial charge on any atom is 0.295 e. The van der Waals surface area contributed by atoms with E-state index in [1.807, 2.05) is 43.3 Å². The highest BCUT2D eigenvalue weighted by molar-refractivity contribution is 6.46. The van der Waals surface area contributed by atoms with Crippen LogP contribution < -0.4 is 14.2 Å². The molecule has 7 heteroatoms. The number of nitrogens with zero attached hydrogens (tertiary/aromatic N) is 1. The summed E-state index contributed by atoms with van der Waals surface area (Å²) in [6, 6.07) is 21.3. The Balaban J connectivity index is 1.76. The number of unbranched alkanes of at least 4 members (excludes halogenated alkanes) is 2. The van der Waals surface area contributed by atoms with Gasteiger partial charge >= 0.3 is 0 Å². The average molecular weight is 544 g/mol. The van der Waals surface area contributed by atoms with Gasteiger partial charge < -0.3 is 24.2 Å². The van der Waals surface area contributed by atoms with Crippen LogP contribution in [-0.2, 0) is 16.0 Å². The van der Waals surface area contributed by atoms with Crippen LogP contribution in [0.2, 0.25) is 0 Å². The number of methoxy groups -OCH3 is 1. The van der Waals surface area contributed by atoms with Crippen LogP contribution in [0, 0.1) is 0 Å². The van der Waals surface area contributed by atoms with E-state index in [0.29, 0.717) is 54.6 Å². The topological polar surface area (TPSA) is 85.3 Å². The molecule has 1 heterocycles. The number of benzene rings is 3. The van der Waals surface area contributed by atoms with E-state index >= 15 is 0 Å². The zero-order valence-corrected chi connectivity index (χ0v) is 23.4. The first-order valence-electron chi connectivity index (χ1n) is 13.8. The largest absolute Gasteiger partial charge is 0.507 e. The molecule has 1 N–H and O–H groups in total. The minimum atomic E-state index is -0.803. The van der Waals surface area contributed by atoms with Gasteiger partial charge in [-0.05, 0) is 55.2 Å². The molecule has 1 amide bonds. The first-order chi connectivity index (χ1) is 19.5. The van der Waals surface area contributed by atoms with E-state index in [9.17, 15) is 14.7 Å². The van der Waals surface area contributed by atoms with E-state index in [0.717, 1.165) is 24.8 Å². The number of amides is 1. The fourth-order valence-corrected chi connectivity index (χ4v) is 4.91. The van der Waals surface area contributed by atoms with Crippen LogP contribution in [0.1, 0.15) is 55.8 Å². The Hall–Kier alpha value is -4.26. The van der Waals surface area contributed by atoms with Crippen molar-refractivity contribution >= 4 is 17.4 Å². The lowest BCUT2D eigenvalue weighted by Crippen LogP contribution is -2.31. The highest BCUT2D eigenvalue weighted by Crippen LogP contribution is 2.42. The van der Waals surface area contributed by atoms with Crippen molar-refractivity contribution in [1.82, 2.24) is 4.90 Å². The van der Waals surface area contributed by atoms with Gasteiger partial charge in [-0.25, -0.2) is 0 Å². The van der Waals surface area contributed by atoms with E-state index in [4.69, 9.17) is 14.2 Å². The Labute approximate surface area is 236 Å². The molecule has 3 aromatic carbocycles. The highest BCUT2D eigenvalue weighted by Gasteiger charge is 2.46. The molecule has 3 aromatic rings. The van der Waals surface area contributed by atoms with Crippen LogP contribution in [0.5, 0.6) is 17.2 Å². The number of hydrogen-bond donors (Lipinski definition) is 1. The van der Waals surface area contributed by atoms with Crippen LogP contribution in [0.3, 0.4) is 0 Å². The summed E-state index contributed by atoms with van der Waals surface area (Å²) in [7, 11) is 1.56. The van der Waals surface area contributed by atoms with Crippen LogP contribution in [0.25, 0.3) is 5.76 Å². The van der Waals surface area contributed by atoms with E-state index in [1.165, 1.54) is 4.90 Å². The lowest BCUT2D eigenvalue weighted by molar-refractivity contribution is -0.139. The van der Waals surface area contributed by atoms with Crippen molar-refractivity contribution in [2.75, 3.05) is 26.9 Å². The third kappa shape index (κ3) is 6.47. The predicted octanol–water partition coefficient (Wildman–Crippen LogP) is 6.33. The molecule has 1 aliphatic rings. The SMILES string of the molecule is CCCCCOc1ccc(C2C(=C(O)c3cccc(OCC)c3)C(=O)C(=O)N2CCc2ccccc2)cc1OC. The molecule has 40 heavy (non-hydrogen) atoms. The summed E-state index contributed by atoms with van der Waals surface area (Å²) in [5, 5.41) is 11.5. The normalized spacial score (nSPS) is 16.3. The Bertz CT molecular complexity index is 1350. The lowest BCUT2D eigenvalue weighted by atomic mass is 9.94. The van der Waals surface area contributed by atoms with Crippen LogP contribution in [0.4, 0.5) is 0 Å². The number of rotatable bonds is 13. The zero-order chi connectivity index (χ0) is 28.5. The van der Waals surface area contributed by atoms with Gasteiger partial charge in [-0.15, -0.1) is 0 Å². The first kappa shape index (κ1) is 28.7. The minimum absolute atomic E-state index is 0.0328. The van der Waals surface area contributed by atoms with Gasteiger partial charge in [0.1, 0.15) is 11.5 Å². The number of likely N-dealkylation sites (tertiary alicyclic amines) is 1. The maximum atomic E-state index is 13.5. The summed E-state index contributed by atoms with van der Waals surface area (Å²) in [4.78, 5) is 28.4. The molecular formula is C33H37NO6. The van der Waals surface area contributed by atoms with Crippen molar-refractivity contribution in [2.45, 2.75) is 45.6 Å². The number of hydrogen-bond acceptors (Lipinski definition) is 6. The number of ketones is 1. The van der Waals surface area contributed by atoms with E-state index in [2.05, 4.69) is 6.92 Å². The van der Waals surface area contributed by atoms with Crippen molar-refractivity contribution < 1.29 is 28.9 Å². The maximum absolute atomic E-state index is 13.5. The lowest BCUT2D eigenvalue weighted by Gasteiger charge is -2.26. The zero-order valence-electron chi connectivity index (χ0n) is 23.4. The third-order valence-electron chi connectivity index (χ3n) is 6.95. The predicted molar refractivity (Wildman–Crippen MR) is 155 cm³/mol. The smallest absolute Gasteiger partial charge is 0.295 e. The summed E-state index contributed by atoms with van der Waals surface area (Å²) in [6.45, 7) is 5.33. The fraction of sp³-hybridized carbons (Fsp3) is 0.333. The first-order valence-corrected chi connectivity index (χ1v) is 13.8. The molecule has 0 bridgehead atoms. The number of aliphatic hydroxyl groups is 1. The molecule has 0 saturated carbocycles. The van der Waals surface area contributed by atoms with Crippen molar-refractivity contribution in [1.29, 1.82) is 0 Å². The second kappa shape index (κ2) is 13.7. The molecule has 0 radical (unpaired) electrons. The van der Waals surface area contributed by atoms with Crippen LogP contribution in [-0.4, -0.2) is 48.6 Å². The summed E-state index contributed by atoms with van der Waals surface area (Å²) in [5.74, 6) is 0.0335. The third-order valence-corrected chi connectivity index (χ3v) is 6.95. The van der Waals surface area contributed by atoms with Crippen LogP contribution in [0.15, 0.2) is 78.4 Å². The van der Waals surface area contributed by atoms with Gasteiger partial charge in [-0.3, -0.25) is 9.59 Å².